The molecule has 4 heteroatoms. The van der Waals surface area contributed by atoms with E-state index in [9.17, 15) is 0 Å². The van der Waals surface area contributed by atoms with E-state index in [4.69, 9.17) is 0 Å². The summed E-state index contributed by atoms with van der Waals surface area (Å²) in [6.45, 7) is 0. The first-order valence-electron chi connectivity index (χ1n) is 0. The quantitative estimate of drug-likeness (QED) is 0.440. The van der Waals surface area contributed by atoms with Crippen molar-refractivity contribution in [1.82, 2.24) is 0 Å². The van der Waals surface area contributed by atoms with Crippen LogP contribution >= 0.6 is 0 Å². The van der Waals surface area contributed by atoms with Gasteiger partial charge in [-0.15, -0.1) is 0 Å². The fourth-order valence-electron chi connectivity index (χ4n) is 0. The molecule has 0 unspecified atom stereocenters. The molecule has 0 aliphatic carbocycles. The molecule has 0 amide bonds. The maximum absolute atomic E-state index is 0. The molecule has 0 saturated heterocycles. The summed E-state index contributed by atoms with van der Waals surface area (Å²) < 4.78 is 0. The molecule has 0 fully saturated rings. The molecule has 0 spiro atoms. The van der Waals surface area contributed by atoms with E-state index in [2.05, 4.69) is 0 Å². The van der Waals surface area contributed by atoms with Gasteiger partial charge in [-0.25, -0.2) is 0 Å². The molecule has 0 bridgehead atoms. The first-order valence-corrected chi connectivity index (χ1v) is 0. The Morgan fingerprint density at radius 2 is 1.00 bits per heavy atom. The van der Waals surface area contributed by atoms with Crippen LogP contribution < -0.4 is 0 Å². The first-order chi connectivity index (χ1) is 0. The predicted molar refractivity (Wildman–Crippen MR) is 17.3 cm³/mol. The van der Waals surface area contributed by atoms with Crippen LogP contribution in [0.25, 0.3) is 0 Å². The molecule has 0 heterocycles. The van der Waals surface area contributed by atoms with Gasteiger partial charge in [-0.3, -0.25) is 0 Å². The van der Waals surface area contributed by atoms with E-state index in [1.807, 2.05) is 0 Å². The van der Waals surface area contributed by atoms with Crippen LogP contribution in [0.2, 0.25) is 0 Å². The molecule has 4 radical (unpaired) electrons. The fourth-order valence-corrected chi connectivity index (χ4v) is 0. The Labute approximate surface area is 114 Å². The van der Waals surface area contributed by atoms with E-state index in [1.54, 1.807) is 0 Å². The van der Waals surface area contributed by atoms with Gasteiger partial charge in [0.15, 0.2) is 0 Å². The van der Waals surface area contributed by atoms with Crippen molar-refractivity contribution in [3.8, 4) is 0 Å². The molecule has 0 N–H and O–H groups in total. The Bertz CT molecular complexity index is 8.00. The van der Waals surface area contributed by atoms with Gasteiger partial charge in [-0.05, 0) is 0 Å². The molecule has 0 aromatic heterocycles. The maximum Gasteiger partial charge on any atom is 0 e. The Hall–Kier alpha value is 3.78. The second kappa shape index (κ2) is 15.9. The monoisotopic (exact) mass is 206 g/mol. The average molecular weight is 206 g/mol. The summed E-state index contributed by atoms with van der Waals surface area (Å²) in [5, 5.41) is 0. The predicted octanol–water partition coefficient (Wildman–Crippen LogP) is -1.14. The summed E-state index contributed by atoms with van der Waals surface area (Å²) in [5.74, 6) is 0. The maximum atomic E-state index is 0. The molecule has 0 nitrogen and oxygen atoms in total. The molecule has 0 aromatic rings. The summed E-state index contributed by atoms with van der Waals surface area (Å²) in [7, 11) is 0. The van der Waals surface area contributed by atoms with Crippen LogP contribution in [0.4, 0.5) is 0 Å². The molecule has 0 atom stereocenters. The van der Waals surface area contributed by atoms with Crippen molar-refractivity contribution in [3.05, 3.63) is 0 Å². The van der Waals surface area contributed by atoms with E-state index in [0.29, 0.717) is 0 Å². The van der Waals surface area contributed by atoms with Gasteiger partial charge in [0, 0.05) is 117 Å². The van der Waals surface area contributed by atoms with Crippen LogP contribution in [0.3, 0.4) is 0 Å². The van der Waals surface area contributed by atoms with Crippen LogP contribution in [-0.4, -0.2) is 98.0 Å². The minimum Gasteiger partial charge on any atom is 0 e. The molecule has 0 aliphatic rings. The Kier molecular flexibility index (Phi) is 99.2. The van der Waals surface area contributed by atoms with Crippen LogP contribution in [-0.2, 0) is 19.5 Å². The van der Waals surface area contributed by atoms with E-state index < -0.39 is 0 Å². The van der Waals surface area contributed by atoms with Gasteiger partial charge in [-0.1, -0.05) is 0 Å². The Morgan fingerprint density at radius 3 is 1.00 bits per heavy atom. The third-order valence-corrected chi connectivity index (χ3v) is 0. The van der Waals surface area contributed by atoms with Gasteiger partial charge in [0.25, 0.3) is 0 Å². The molecule has 0 aliphatic heterocycles. The molecular formula is KNaSeZn. The molecule has 0 aromatic carbocycles. The summed E-state index contributed by atoms with van der Waals surface area (Å²) in [6, 6.07) is 0. The van der Waals surface area contributed by atoms with Crippen molar-refractivity contribution in [1.29, 1.82) is 0 Å². The van der Waals surface area contributed by atoms with E-state index >= 15 is 0 Å². The Morgan fingerprint density at radius 1 is 1.00 bits per heavy atom. The number of rotatable bonds is 0. The van der Waals surface area contributed by atoms with Crippen molar-refractivity contribution < 1.29 is 19.5 Å². The van der Waals surface area contributed by atoms with Gasteiger partial charge in [0.1, 0.15) is 0 Å². The van der Waals surface area contributed by atoms with Crippen LogP contribution in [0.5, 0.6) is 0 Å². The molecule has 10 valence electrons. The van der Waals surface area contributed by atoms with Gasteiger partial charge in [0.2, 0.25) is 0 Å². The van der Waals surface area contributed by atoms with Gasteiger partial charge in [-0.2, -0.15) is 0 Å². The van der Waals surface area contributed by atoms with E-state index in [-0.39, 0.29) is 117 Å². The van der Waals surface area contributed by atoms with Crippen LogP contribution in [0, 0.1) is 0 Å². The zero-order chi connectivity index (χ0) is 0. The number of hydrogen-bond acceptors (Lipinski definition) is 0. The SMILES string of the molecule is [K].[Na].[Se].[Zn]. The van der Waals surface area contributed by atoms with Gasteiger partial charge in [0.05, 0.1) is 0 Å². The minimum absolute atomic E-state index is 0. The minimum atomic E-state index is 0. The number of hydrogen-bond donors (Lipinski definition) is 0. The molecular weight excluding hydrogens is 206 g/mol. The zero-order valence-electron chi connectivity index (χ0n) is 3.12. The summed E-state index contributed by atoms with van der Waals surface area (Å²) in [4.78, 5) is 0. The largest absolute Gasteiger partial charge is 0 e. The van der Waals surface area contributed by atoms with Gasteiger partial charge < -0.3 is 0 Å². The van der Waals surface area contributed by atoms with Crippen molar-refractivity contribution in [2.24, 2.45) is 0 Å². The molecule has 0 rings (SSSR count). The normalized spacial score (nSPS) is 0. The average Bonchev–Trinajstić information content (AvgIpc) is 0. The zero-order valence-corrected chi connectivity index (χ0v) is 12.9. The summed E-state index contributed by atoms with van der Waals surface area (Å²) in [5.41, 5.74) is 0. The molecule has 4 heavy (non-hydrogen) atoms. The van der Waals surface area contributed by atoms with Crippen LogP contribution in [0.15, 0.2) is 0 Å². The van der Waals surface area contributed by atoms with Crippen LogP contribution in [0.1, 0.15) is 0 Å². The van der Waals surface area contributed by atoms with Crippen molar-refractivity contribution in [3.63, 3.8) is 0 Å². The topological polar surface area (TPSA) is 0 Å². The second-order valence-corrected chi connectivity index (χ2v) is 0. The van der Waals surface area contributed by atoms with Crippen molar-refractivity contribution >= 4 is 98.0 Å². The standard InChI is InChI=1S/K.Na.Se.Zn. The fraction of sp³-hybridized carbons (Fsp3) is 0. The second-order valence-electron chi connectivity index (χ2n) is 0. The molecule has 0 saturated carbocycles. The third-order valence-electron chi connectivity index (χ3n) is 0. The van der Waals surface area contributed by atoms with Gasteiger partial charge >= 0.3 is 0 Å². The summed E-state index contributed by atoms with van der Waals surface area (Å²) in [6.07, 6.45) is 0. The smallest absolute Gasteiger partial charge is 0 e. The summed E-state index contributed by atoms with van der Waals surface area (Å²) >= 11 is 0. The Balaban J connectivity index is 0. The van der Waals surface area contributed by atoms with Crippen molar-refractivity contribution in [2.75, 3.05) is 0 Å². The first kappa shape index (κ1) is 25.0. The van der Waals surface area contributed by atoms with E-state index in [1.165, 1.54) is 0 Å². The van der Waals surface area contributed by atoms with Crippen molar-refractivity contribution in [2.45, 2.75) is 0 Å². The van der Waals surface area contributed by atoms with E-state index in [0.717, 1.165) is 0 Å². The third kappa shape index (κ3) is 9.24.